The number of benzene rings is 1. The molecule has 1 fully saturated rings. The van der Waals surface area contributed by atoms with Gasteiger partial charge >= 0.3 is 35.8 Å². The fraction of sp³-hybridized carbons (Fsp3) is 0.541. The van der Waals surface area contributed by atoms with Crippen LogP contribution in [0.15, 0.2) is 54.6 Å². The summed E-state index contributed by atoms with van der Waals surface area (Å²) in [5.74, 6) is -9.01. The molecule has 14 nitrogen and oxygen atoms in total. The molecular formula is C37H46O14. The maximum atomic E-state index is 14.8. The molecule has 0 heterocycles. The summed E-state index contributed by atoms with van der Waals surface area (Å²) in [6.07, 6.45) is -6.37. The molecule has 2 aliphatic rings. The second kappa shape index (κ2) is 15.6. The molecule has 0 spiro atoms. The van der Waals surface area contributed by atoms with E-state index in [0.29, 0.717) is 0 Å². The summed E-state index contributed by atoms with van der Waals surface area (Å²) < 4.78 is 34.7. The SMILES string of the molecule is C=C1[C@H](OC(=O)c2ccccc2)[C@@H](O)[C@@H](OC(C)=O)C(C)(C)/C=C/[C@H](C)C(=O)[C@@]2(OC(C)=O)C[C@@](C)(OC(C)=O)[C@H](OC(C)=O)[C@@H]2[C@H]1OC(C)=O. The molecule has 51 heavy (non-hydrogen) atoms. The van der Waals surface area contributed by atoms with Gasteiger partial charge < -0.3 is 33.5 Å². The van der Waals surface area contributed by atoms with Crippen LogP contribution < -0.4 is 0 Å². The topological polar surface area (TPSA) is 195 Å². The van der Waals surface area contributed by atoms with Crippen LogP contribution in [0, 0.1) is 17.3 Å². The molecule has 2 aliphatic carbocycles. The summed E-state index contributed by atoms with van der Waals surface area (Å²) in [6.45, 7) is 15.4. The van der Waals surface area contributed by atoms with Crippen molar-refractivity contribution in [2.45, 2.75) is 110 Å². The minimum Gasteiger partial charge on any atom is -0.459 e. The highest BCUT2D eigenvalue weighted by Gasteiger charge is 2.72. The van der Waals surface area contributed by atoms with Crippen molar-refractivity contribution < 1.29 is 67.1 Å². The van der Waals surface area contributed by atoms with Crippen LogP contribution in [0.3, 0.4) is 0 Å². The minimum absolute atomic E-state index is 0.0511. The third kappa shape index (κ3) is 8.91. The van der Waals surface area contributed by atoms with E-state index in [-0.39, 0.29) is 11.1 Å². The van der Waals surface area contributed by atoms with Crippen molar-refractivity contribution in [2.75, 3.05) is 0 Å². The molecule has 0 radical (unpaired) electrons. The van der Waals surface area contributed by atoms with Crippen LogP contribution in [0.1, 0.15) is 79.1 Å². The third-order valence-corrected chi connectivity index (χ3v) is 8.96. The Kier molecular flexibility index (Phi) is 12.4. The molecule has 1 N–H and O–H groups in total. The van der Waals surface area contributed by atoms with E-state index in [2.05, 4.69) is 6.58 Å². The van der Waals surface area contributed by atoms with Gasteiger partial charge in [0.05, 0.1) is 11.5 Å². The number of allylic oxidation sites excluding steroid dienone is 1. The standard InChI is InChI=1S/C37H46O14/c1-19-16-17-35(8,9)33(48-23(5)40)28(43)30(49-34(45)26-14-12-11-13-15-26)20(2)29(46-21(3)38)27-32(47-22(4)39)36(10,50-24(6)41)18-37(27,31(19)44)51-25(7)42/h11-17,19,27-30,32-33,43H,2,18H2,1,3-10H3/b17-16+/t19-,27-,28+,29-,30-,32+,33+,36+,37+/m0/s1. The Bertz CT molecular complexity index is 1590. The van der Waals surface area contributed by atoms with Crippen LogP contribution in [0.2, 0.25) is 0 Å². The first-order valence-electron chi connectivity index (χ1n) is 16.3. The van der Waals surface area contributed by atoms with E-state index in [1.807, 2.05) is 0 Å². The lowest BCUT2D eigenvalue weighted by molar-refractivity contribution is -0.190. The molecule has 0 aromatic heterocycles. The predicted molar refractivity (Wildman–Crippen MR) is 177 cm³/mol. The molecule has 0 amide bonds. The summed E-state index contributed by atoms with van der Waals surface area (Å²) in [4.78, 5) is 91.9. The number of esters is 6. The van der Waals surface area contributed by atoms with Crippen molar-refractivity contribution in [3.63, 3.8) is 0 Å². The van der Waals surface area contributed by atoms with Gasteiger partial charge in [-0.2, -0.15) is 0 Å². The number of carbonyl (C=O) groups is 7. The first-order valence-corrected chi connectivity index (χ1v) is 16.3. The normalized spacial score (nSPS) is 32.5. The number of aliphatic hydroxyl groups excluding tert-OH is 1. The number of aliphatic hydroxyl groups is 1. The fourth-order valence-corrected chi connectivity index (χ4v) is 7.03. The summed E-state index contributed by atoms with van der Waals surface area (Å²) in [6, 6.07) is 7.68. The van der Waals surface area contributed by atoms with Crippen molar-refractivity contribution in [1.29, 1.82) is 0 Å². The van der Waals surface area contributed by atoms with E-state index in [1.165, 1.54) is 38.1 Å². The van der Waals surface area contributed by atoms with Crippen LogP contribution >= 0.6 is 0 Å². The Morgan fingerprint density at radius 1 is 0.745 bits per heavy atom. The zero-order valence-electron chi connectivity index (χ0n) is 30.3. The lowest BCUT2D eigenvalue weighted by Gasteiger charge is -2.43. The molecule has 0 bridgehead atoms. The molecule has 1 aromatic carbocycles. The number of rotatable bonds is 7. The van der Waals surface area contributed by atoms with Gasteiger partial charge in [-0.3, -0.25) is 28.8 Å². The van der Waals surface area contributed by atoms with E-state index >= 15 is 0 Å². The lowest BCUT2D eigenvalue weighted by atomic mass is 9.72. The third-order valence-electron chi connectivity index (χ3n) is 8.96. The number of hydrogen-bond acceptors (Lipinski definition) is 14. The molecule has 14 heteroatoms. The summed E-state index contributed by atoms with van der Waals surface area (Å²) in [7, 11) is 0. The molecule has 1 aromatic rings. The van der Waals surface area contributed by atoms with Gasteiger partial charge in [0.2, 0.25) is 0 Å². The van der Waals surface area contributed by atoms with Gasteiger partial charge in [-0.1, -0.05) is 57.7 Å². The summed E-state index contributed by atoms with van der Waals surface area (Å²) >= 11 is 0. The zero-order chi connectivity index (χ0) is 38.6. The predicted octanol–water partition coefficient (Wildman–Crippen LogP) is 3.37. The Morgan fingerprint density at radius 3 is 1.78 bits per heavy atom. The molecule has 0 saturated heterocycles. The van der Waals surface area contributed by atoms with Gasteiger partial charge in [0.25, 0.3) is 0 Å². The van der Waals surface area contributed by atoms with Crippen LogP contribution in [0.5, 0.6) is 0 Å². The molecule has 0 aliphatic heterocycles. The van der Waals surface area contributed by atoms with Gasteiger partial charge in [-0.25, -0.2) is 4.79 Å². The Labute approximate surface area is 296 Å². The molecule has 3 rings (SSSR count). The summed E-state index contributed by atoms with van der Waals surface area (Å²) in [5.41, 5.74) is -5.82. The molecule has 278 valence electrons. The van der Waals surface area contributed by atoms with Crippen LogP contribution in [-0.4, -0.2) is 88.4 Å². The first kappa shape index (κ1) is 40.6. The molecular weight excluding hydrogens is 668 g/mol. The van der Waals surface area contributed by atoms with Gasteiger partial charge in [-0.15, -0.1) is 0 Å². The molecule has 0 unspecified atom stereocenters. The van der Waals surface area contributed by atoms with Crippen molar-refractivity contribution in [1.82, 2.24) is 0 Å². The van der Waals surface area contributed by atoms with Crippen molar-refractivity contribution in [3.05, 3.63) is 60.2 Å². The quantitative estimate of drug-likeness (QED) is 0.245. The smallest absolute Gasteiger partial charge is 0.338 e. The Morgan fingerprint density at radius 2 is 1.27 bits per heavy atom. The maximum absolute atomic E-state index is 14.8. The average Bonchev–Trinajstić information content (AvgIpc) is 3.24. The van der Waals surface area contributed by atoms with Crippen molar-refractivity contribution >= 4 is 41.6 Å². The highest BCUT2D eigenvalue weighted by atomic mass is 16.6. The van der Waals surface area contributed by atoms with Crippen LogP contribution in [0.25, 0.3) is 0 Å². The number of Topliss-reactive ketones (excluding diaryl/α,β-unsaturated/α-hetero) is 1. The van der Waals surface area contributed by atoms with E-state index in [0.717, 1.165) is 34.6 Å². The second-order valence-corrected chi connectivity index (χ2v) is 13.8. The van der Waals surface area contributed by atoms with Crippen molar-refractivity contribution in [2.24, 2.45) is 17.3 Å². The highest BCUT2D eigenvalue weighted by Crippen LogP contribution is 2.54. The number of carbonyl (C=O) groups excluding carboxylic acids is 7. The number of fused-ring (bicyclic) bond motifs is 1. The van der Waals surface area contributed by atoms with Crippen LogP contribution in [-0.2, 0) is 57.2 Å². The van der Waals surface area contributed by atoms with E-state index in [4.69, 9.17) is 28.4 Å². The van der Waals surface area contributed by atoms with Gasteiger partial charge in [0.15, 0.2) is 29.2 Å². The maximum Gasteiger partial charge on any atom is 0.338 e. The largest absolute Gasteiger partial charge is 0.459 e. The van der Waals surface area contributed by atoms with E-state index in [9.17, 15) is 38.7 Å². The van der Waals surface area contributed by atoms with E-state index in [1.54, 1.807) is 32.0 Å². The number of ketones is 1. The average molecular weight is 715 g/mol. The summed E-state index contributed by atoms with van der Waals surface area (Å²) in [5, 5.41) is 12.1. The first-order chi connectivity index (χ1) is 23.6. The number of ether oxygens (including phenoxy) is 6. The molecule has 1 saturated carbocycles. The van der Waals surface area contributed by atoms with Gasteiger partial charge in [-0.05, 0) is 19.1 Å². The monoisotopic (exact) mass is 714 g/mol. The van der Waals surface area contributed by atoms with Crippen LogP contribution in [0.4, 0.5) is 0 Å². The Balaban J connectivity index is 2.51. The lowest BCUT2D eigenvalue weighted by Crippen LogP contribution is -2.58. The Hall–Kier alpha value is -4.85. The zero-order valence-corrected chi connectivity index (χ0v) is 30.3. The van der Waals surface area contributed by atoms with Gasteiger partial charge in [0, 0.05) is 57.9 Å². The van der Waals surface area contributed by atoms with E-state index < -0.39 is 107 Å². The highest BCUT2D eigenvalue weighted by molar-refractivity contribution is 5.94. The number of hydrogen-bond donors (Lipinski definition) is 1. The van der Waals surface area contributed by atoms with Gasteiger partial charge in [0.1, 0.15) is 18.3 Å². The second-order valence-electron chi connectivity index (χ2n) is 13.8. The van der Waals surface area contributed by atoms with Crippen molar-refractivity contribution in [3.8, 4) is 0 Å². The minimum atomic E-state index is -2.35. The fourth-order valence-electron chi connectivity index (χ4n) is 7.03. The molecule has 9 atom stereocenters.